The Balaban J connectivity index is 1.97. The smallest absolute Gasteiger partial charge is 0.187 e. The molecule has 0 aromatic heterocycles. The second-order valence-electron chi connectivity index (χ2n) is 8.24. The Morgan fingerprint density at radius 2 is 1.29 bits per heavy atom. The second-order valence-corrected chi connectivity index (χ2v) is 10.8. The summed E-state index contributed by atoms with van der Waals surface area (Å²) >= 11 is 3.65. The molecule has 1 unspecified atom stereocenters. The molecule has 3 heteroatoms. The zero-order valence-corrected chi connectivity index (χ0v) is 21.6. The topological polar surface area (TPSA) is 17.1 Å². The summed E-state index contributed by atoms with van der Waals surface area (Å²) < 4.78 is 0. The van der Waals surface area contributed by atoms with Crippen molar-refractivity contribution in [2.24, 2.45) is 0 Å². The number of carbonyl (C=O) groups excluding carboxylic acids is 1. The van der Waals surface area contributed by atoms with E-state index in [0.29, 0.717) is 0 Å². The number of ketones is 1. The Bertz CT molecular complexity index is 1220. The molecule has 1 aliphatic rings. The fraction of sp³-hybridized carbons (Fsp3) is 0.194. The van der Waals surface area contributed by atoms with Crippen LogP contribution < -0.4 is 0 Å². The standard InChI is InChI=1S/C31H30OS2/c1-4-33-29-27(24-17-11-7-12-18-24)28(26(32)22-21-23-15-9-6-10-16-23)30(34-5-2)31(29,3)25-19-13-8-14-20-25/h6-22H,4-5H2,1-3H3/b22-21-. The number of hydrogen-bond acceptors (Lipinski definition) is 3. The van der Waals surface area contributed by atoms with Crippen LogP contribution in [-0.4, -0.2) is 17.3 Å². The van der Waals surface area contributed by atoms with Gasteiger partial charge in [-0.15, -0.1) is 23.5 Å². The molecule has 0 spiro atoms. The first-order valence-corrected chi connectivity index (χ1v) is 13.7. The van der Waals surface area contributed by atoms with Gasteiger partial charge in [0, 0.05) is 21.0 Å². The predicted octanol–water partition coefficient (Wildman–Crippen LogP) is 8.41. The van der Waals surface area contributed by atoms with Gasteiger partial charge in [0.25, 0.3) is 0 Å². The SMILES string of the molecule is CCSC1=C(C(=O)/C=C\c2ccccc2)C(c2ccccc2)=C(SCC)C1(C)c1ccccc1. The van der Waals surface area contributed by atoms with Crippen molar-refractivity contribution in [3.8, 4) is 0 Å². The molecule has 0 N–H and O–H groups in total. The van der Waals surface area contributed by atoms with Crippen LogP contribution in [0.4, 0.5) is 0 Å². The minimum Gasteiger partial charge on any atom is -0.289 e. The second kappa shape index (κ2) is 11.1. The lowest BCUT2D eigenvalue weighted by Gasteiger charge is -2.32. The highest BCUT2D eigenvalue weighted by Crippen LogP contribution is 2.59. The molecule has 0 bridgehead atoms. The van der Waals surface area contributed by atoms with Crippen LogP contribution >= 0.6 is 23.5 Å². The van der Waals surface area contributed by atoms with Gasteiger partial charge < -0.3 is 0 Å². The van der Waals surface area contributed by atoms with Gasteiger partial charge >= 0.3 is 0 Å². The zero-order valence-electron chi connectivity index (χ0n) is 20.0. The van der Waals surface area contributed by atoms with Crippen molar-refractivity contribution >= 4 is 41.0 Å². The summed E-state index contributed by atoms with van der Waals surface area (Å²) in [4.78, 5) is 16.4. The maximum atomic E-state index is 14.0. The summed E-state index contributed by atoms with van der Waals surface area (Å²) in [6, 6.07) is 31.1. The molecule has 3 aromatic carbocycles. The summed E-state index contributed by atoms with van der Waals surface area (Å²) in [6.45, 7) is 6.65. The van der Waals surface area contributed by atoms with Crippen LogP contribution in [0.2, 0.25) is 0 Å². The van der Waals surface area contributed by atoms with Gasteiger partial charge in [-0.25, -0.2) is 0 Å². The molecule has 0 radical (unpaired) electrons. The van der Waals surface area contributed by atoms with Gasteiger partial charge in [-0.2, -0.15) is 0 Å². The fourth-order valence-corrected chi connectivity index (χ4v) is 6.89. The lowest BCUT2D eigenvalue weighted by atomic mass is 9.83. The predicted molar refractivity (Wildman–Crippen MR) is 151 cm³/mol. The first kappa shape index (κ1) is 24.4. The van der Waals surface area contributed by atoms with E-state index < -0.39 is 0 Å². The van der Waals surface area contributed by atoms with Crippen LogP contribution in [0.3, 0.4) is 0 Å². The highest BCUT2D eigenvalue weighted by atomic mass is 32.2. The van der Waals surface area contributed by atoms with Crippen LogP contribution in [0.1, 0.15) is 37.5 Å². The molecule has 34 heavy (non-hydrogen) atoms. The Morgan fingerprint density at radius 3 is 1.88 bits per heavy atom. The van der Waals surface area contributed by atoms with Crippen LogP contribution in [0.15, 0.2) is 112 Å². The van der Waals surface area contributed by atoms with E-state index in [-0.39, 0.29) is 11.2 Å². The third-order valence-electron chi connectivity index (χ3n) is 6.08. The molecule has 4 rings (SSSR count). The maximum Gasteiger partial charge on any atom is 0.187 e. The molecule has 0 saturated carbocycles. The van der Waals surface area contributed by atoms with Crippen molar-refractivity contribution in [3.63, 3.8) is 0 Å². The van der Waals surface area contributed by atoms with Gasteiger partial charge in [-0.05, 0) is 41.2 Å². The molecule has 1 nitrogen and oxygen atoms in total. The zero-order chi connectivity index (χ0) is 24.0. The first-order valence-electron chi connectivity index (χ1n) is 11.7. The van der Waals surface area contributed by atoms with Crippen molar-refractivity contribution in [3.05, 3.63) is 129 Å². The average Bonchev–Trinajstić information content (AvgIpc) is 3.13. The molecule has 0 fully saturated rings. The highest BCUT2D eigenvalue weighted by molar-refractivity contribution is 8.04. The Kier molecular flexibility index (Phi) is 7.97. The van der Waals surface area contributed by atoms with Crippen molar-refractivity contribution in [1.29, 1.82) is 0 Å². The van der Waals surface area contributed by atoms with Crippen molar-refractivity contribution in [2.75, 3.05) is 11.5 Å². The average molecular weight is 483 g/mol. The van der Waals surface area contributed by atoms with Gasteiger partial charge in [-0.1, -0.05) is 111 Å². The number of rotatable bonds is 9. The normalized spacial score (nSPS) is 18.2. The summed E-state index contributed by atoms with van der Waals surface area (Å²) in [5, 5.41) is 0. The molecular formula is C31H30OS2. The van der Waals surface area contributed by atoms with Crippen molar-refractivity contribution in [2.45, 2.75) is 26.2 Å². The van der Waals surface area contributed by atoms with Gasteiger partial charge in [0.1, 0.15) is 0 Å². The van der Waals surface area contributed by atoms with E-state index in [1.807, 2.05) is 54.2 Å². The molecule has 3 aromatic rings. The molecule has 172 valence electrons. The Labute approximate surface area is 212 Å². The molecule has 0 saturated heterocycles. The number of benzene rings is 3. The van der Waals surface area contributed by atoms with Crippen LogP contribution in [0.25, 0.3) is 11.6 Å². The maximum absolute atomic E-state index is 14.0. The van der Waals surface area contributed by atoms with E-state index in [9.17, 15) is 4.79 Å². The van der Waals surface area contributed by atoms with Crippen LogP contribution in [0.5, 0.6) is 0 Å². The first-order chi connectivity index (χ1) is 16.6. The summed E-state index contributed by atoms with van der Waals surface area (Å²) in [7, 11) is 0. The fourth-order valence-electron chi connectivity index (χ4n) is 4.52. The molecule has 1 atom stereocenters. The van der Waals surface area contributed by atoms with Crippen molar-refractivity contribution in [1.82, 2.24) is 0 Å². The largest absolute Gasteiger partial charge is 0.289 e. The van der Waals surface area contributed by atoms with E-state index in [2.05, 4.69) is 75.4 Å². The summed E-state index contributed by atoms with van der Waals surface area (Å²) in [6.07, 6.45) is 3.67. The molecule has 1 aliphatic carbocycles. The third-order valence-corrected chi connectivity index (χ3v) is 8.46. The number of hydrogen-bond donors (Lipinski definition) is 0. The van der Waals surface area contributed by atoms with Gasteiger partial charge in [0.05, 0.1) is 5.41 Å². The van der Waals surface area contributed by atoms with Gasteiger partial charge in [0.2, 0.25) is 0 Å². The summed E-state index contributed by atoms with van der Waals surface area (Å²) in [5.41, 5.74) is 4.91. The van der Waals surface area contributed by atoms with Crippen LogP contribution in [-0.2, 0) is 10.2 Å². The molecule has 0 amide bonds. The molecular weight excluding hydrogens is 452 g/mol. The Morgan fingerprint density at radius 1 is 0.765 bits per heavy atom. The quantitative estimate of drug-likeness (QED) is 0.285. The summed E-state index contributed by atoms with van der Waals surface area (Å²) in [5.74, 6) is 1.91. The van der Waals surface area contributed by atoms with E-state index in [4.69, 9.17) is 0 Å². The monoisotopic (exact) mass is 482 g/mol. The Hall–Kier alpha value is -2.75. The van der Waals surface area contributed by atoms with Gasteiger partial charge in [0.15, 0.2) is 5.78 Å². The van der Waals surface area contributed by atoms with Crippen LogP contribution in [0, 0.1) is 0 Å². The number of thioether (sulfide) groups is 2. The number of allylic oxidation sites excluding steroid dienone is 5. The van der Waals surface area contributed by atoms with E-state index in [1.165, 1.54) is 10.5 Å². The van der Waals surface area contributed by atoms with E-state index in [1.54, 1.807) is 17.8 Å². The third kappa shape index (κ3) is 4.73. The highest BCUT2D eigenvalue weighted by Gasteiger charge is 2.46. The lowest BCUT2D eigenvalue weighted by molar-refractivity contribution is -0.110. The minimum absolute atomic E-state index is 0.0625. The lowest BCUT2D eigenvalue weighted by Crippen LogP contribution is -2.23. The van der Waals surface area contributed by atoms with E-state index in [0.717, 1.165) is 38.7 Å². The number of carbonyl (C=O) groups is 1. The van der Waals surface area contributed by atoms with Crippen molar-refractivity contribution < 1.29 is 4.79 Å². The van der Waals surface area contributed by atoms with Gasteiger partial charge in [-0.3, -0.25) is 4.79 Å². The molecule has 0 heterocycles. The minimum atomic E-state index is -0.362. The molecule has 0 aliphatic heterocycles. The van der Waals surface area contributed by atoms with E-state index >= 15 is 0 Å².